The Morgan fingerprint density at radius 2 is 2.21 bits per heavy atom. The standard InChI is InChI=1S/C19H17ClN6O2/c20-15-5-1-3-12-7-16(22-9-14(12)15)25-17-10-23-18(24-11-27)19(26-17)28-13-4-2-6-21-8-13/h1,3,5,7,9-10,13,21H,2,4,6,8H2,(H,22,25,26). The van der Waals surface area contributed by atoms with Crippen molar-refractivity contribution in [2.75, 3.05) is 18.4 Å². The summed E-state index contributed by atoms with van der Waals surface area (Å²) in [6, 6.07) is 7.52. The van der Waals surface area contributed by atoms with Crippen LogP contribution in [0, 0.1) is 0 Å². The summed E-state index contributed by atoms with van der Waals surface area (Å²) in [5.74, 6) is 1.30. The SMILES string of the molecule is O=C=Nc1ncc(Nc2cc3cccc(Cl)c3cn2)nc1OC1CCCNC1. The topological polar surface area (TPSA) is 101 Å². The minimum absolute atomic E-state index is 0.0557. The van der Waals surface area contributed by atoms with Crippen LogP contribution >= 0.6 is 11.6 Å². The number of carbonyl (C=O) groups excluding carboxylic acids is 1. The number of pyridine rings is 1. The Morgan fingerprint density at radius 3 is 3.04 bits per heavy atom. The average molecular weight is 397 g/mol. The van der Waals surface area contributed by atoms with Gasteiger partial charge in [0.25, 0.3) is 5.88 Å². The molecule has 3 aromatic rings. The lowest BCUT2D eigenvalue weighted by Gasteiger charge is -2.23. The number of ether oxygens (including phenoxy) is 1. The fourth-order valence-electron chi connectivity index (χ4n) is 3.04. The van der Waals surface area contributed by atoms with Gasteiger partial charge in [0.05, 0.1) is 6.20 Å². The average Bonchev–Trinajstić information content (AvgIpc) is 2.71. The molecular weight excluding hydrogens is 380 g/mol. The lowest BCUT2D eigenvalue weighted by atomic mass is 10.1. The van der Waals surface area contributed by atoms with Gasteiger partial charge in [0.15, 0.2) is 5.82 Å². The van der Waals surface area contributed by atoms with Crippen molar-refractivity contribution in [3.63, 3.8) is 0 Å². The zero-order valence-electron chi connectivity index (χ0n) is 14.9. The molecule has 0 bridgehead atoms. The summed E-state index contributed by atoms with van der Waals surface area (Å²) < 4.78 is 5.92. The Hall–Kier alpha value is -3.06. The van der Waals surface area contributed by atoms with E-state index >= 15 is 0 Å². The van der Waals surface area contributed by atoms with E-state index in [1.54, 1.807) is 6.20 Å². The Labute approximate surface area is 166 Å². The minimum atomic E-state index is -0.0557. The van der Waals surface area contributed by atoms with Gasteiger partial charge in [-0.1, -0.05) is 23.7 Å². The van der Waals surface area contributed by atoms with E-state index < -0.39 is 0 Å². The number of piperidine rings is 1. The number of nitrogens with one attached hydrogen (secondary N) is 2. The maximum atomic E-state index is 10.7. The van der Waals surface area contributed by atoms with E-state index in [0.29, 0.717) is 23.2 Å². The van der Waals surface area contributed by atoms with Crippen LogP contribution in [0.15, 0.2) is 41.7 Å². The van der Waals surface area contributed by atoms with Gasteiger partial charge < -0.3 is 15.4 Å². The van der Waals surface area contributed by atoms with Crippen molar-refractivity contribution < 1.29 is 9.53 Å². The molecule has 0 saturated carbocycles. The third-order valence-corrected chi connectivity index (χ3v) is 4.70. The minimum Gasteiger partial charge on any atom is -0.470 e. The highest BCUT2D eigenvalue weighted by Crippen LogP contribution is 2.28. The molecule has 9 heteroatoms. The number of hydrogen-bond donors (Lipinski definition) is 2. The van der Waals surface area contributed by atoms with Gasteiger partial charge in [-0.25, -0.2) is 14.8 Å². The molecule has 1 fully saturated rings. The summed E-state index contributed by atoms with van der Waals surface area (Å²) in [7, 11) is 0. The molecule has 28 heavy (non-hydrogen) atoms. The molecule has 1 saturated heterocycles. The van der Waals surface area contributed by atoms with Gasteiger partial charge in [0.1, 0.15) is 11.9 Å². The summed E-state index contributed by atoms with van der Waals surface area (Å²) >= 11 is 6.18. The van der Waals surface area contributed by atoms with Crippen LogP contribution < -0.4 is 15.4 Å². The predicted octanol–water partition coefficient (Wildman–Crippen LogP) is 3.52. The maximum Gasteiger partial charge on any atom is 0.263 e. The first kappa shape index (κ1) is 18.3. The normalized spacial score (nSPS) is 16.4. The number of rotatable bonds is 5. The highest BCUT2D eigenvalue weighted by Gasteiger charge is 2.18. The van der Waals surface area contributed by atoms with Crippen molar-refractivity contribution >= 4 is 45.9 Å². The van der Waals surface area contributed by atoms with Gasteiger partial charge in [-0.2, -0.15) is 4.98 Å². The van der Waals surface area contributed by atoms with Gasteiger partial charge in [-0.05, 0) is 36.9 Å². The van der Waals surface area contributed by atoms with E-state index in [4.69, 9.17) is 16.3 Å². The van der Waals surface area contributed by atoms with E-state index in [1.165, 1.54) is 12.3 Å². The predicted molar refractivity (Wildman–Crippen MR) is 106 cm³/mol. The number of halogens is 1. The van der Waals surface area contributed by atoms with Crippen LogP contribution in [0.1, 0.15) is 12.8 Å². The monoisotopic (exact) mass is 396 g/mol. The quantitative estimate of drug-likeness (QED) is 0.502. The molecule has 1 unspecified atom stereocenters. The Morgan fingerprint density at radius 1 is 1.29 bits per heavy atom. The van der Waals surface area contributed by atoms with Crippen LogP contribution in [0.2, 0.25) is 5.02 Å². The second-order valence-corrected chi connectivity index (χ2v) is 6.74. The zero-order valence-corrected chi connectivity index (χ0v) is 15.6. The van der Waals surface area contributed by atoms with Gasteiger partial charge in [-0.3, -0.25) is 0 Å². The fourth-order valence-corrected chi connectivity index (χ4v) is 3.27. The van der Waals surface area contributed by atoms with Crippen LogP contribution in [0.25, 0.3) is 10.8 Å². The number of hydrogen-bond acceptors (Lipinski definition) is 8. The van der Waals surface area contributed by atoms with E-state index in [9.17, 15) is 4.79 Å². The molecular formula is C19H17ClN6O2. The highest BCUT2D eigenvalue weighted by molar-refractivity contribution is 6.35. The molecule has 3 heterocycles. The Kier molecular flexibility index (Phi) is 5.43. The molecule has 1 aliphatic heterocycles. The van der Waals surface area contributed by atoms with Crippen LogP contribution in [-0.2, 0) is 4.79 Å². The first-order valence-corrected chi connectivity index (χ1v) is 9.24. The van der Waals surface area contributed by atoms with E-state index in [0.717, 1.165) is 30.2 Å². The molecule has 142 valence electrons. The van der Waals surface area contributed by atoms with Gasteiger partial charge in [0, 0.05) is 23.2 Å². The Bertz CT molecular complexity index is 1050. The molecule has 4 rings (SSSR count). The molecule has 1 atom stereocenters. The van der Waals surface area contributed by atoms with Crippen LogP contribution in [0.3, 0.4) is 0 Å². The Balaban J connectivity index is 1.60. The molecule has 0 radical (unpaired) electrons. The lowest BCUT2D eigenvalue weighted by Crippen LogP contribution is -2.37. The lowest BCUT2D eigenvalue weighted by molar-refractivity contribution is 0.161. The second-order valence-electron chi connectivity index (χ2n) is 6.33. The third-order valence-electron chi connectivity index (χ3n) is 4.37. The molecule has 0 aliphatic carbocycles. The summed E-state index contributed by atoms with van der Waals surface area (Å²) in [5, 5.41) is 8.82. The largest absolute Gasteiger partial charge is 0.470 e. The van der Waals surface area contributed by atoms with Crippen molar-refractivity contribution in [1.82, 2.24) is 20.3 Å². The molecule has 2 aromatic heterocycles. The first-order valence-electron chi connectivity index (χ1n) is 8.86. The molecule has 0 spiro atoms. The maximum absolute atomic E-state index is 10.7. The van der Waals surface area contributed by atoms with Crippen LogP contribution in [0.4, 0.5) is 17.5 Å². The van der Waals surface area contributed by atoms with Crippen LogP contribution in [-0.4, -0.2) is 40.2 Å². The number of fused-ring (bicyclic) bond motifs is 1. The molecule has 8 nitrogen and oxygen atoms in total. The molecule has 1 aliphatic rings. The molecule has 1 aromatic carbocycles. The van der Waals surface area contributed by atoms with E-state index in [2.05, 4.69) is 30.6 Å². The smallest absolute Gasteiger partial charge is 0.263 e. The number of anilines is 2. The second kappa shape index (κ2) is 8.31. The number of isocyanates is 1. The number of nitrogens with zero attached hydrogens (tertiary/aromatic N) is 4. The number of aromatic nitrogens is 3. The van der Waals surface area contributed by atoms with Crippen molar-refractivity contribution in [2.24, 2.45) is 4.99 Å². The third kappa shape index (κ3) is 4.09. The molecule has 0 amide bonds. The van der Waals surface area contributed by atoms with Gasteiger partial charge >= 0.3 is 0 Å². The number of aliphatic imine (C=N–C) groups is 1. The molecule has 2 N–H and O–H groups in total. The van der Waals surface area contributed by atoms with E-state index in [-0.39, 0.29) is 17.8 Å². The van der Waals surface area contributed by atoms with Gasteiger partial charge in [-0.15, -0.1) is 4.99 Å². The fraction of sp³-hybridized carbons (Fsp3) is 0.263. The number of benzene rings is 1. The van der Waals surface area contributed by atoms with Crippen molar-refractivity contribution in [3.8, 4) is 5.88 Å². The van der Waals surface area contributed by atoms with Crippen LogP contribution in [0.5, 0.6) is 5.88 Å². The summed E-state index contributed by atoms with van der Waals surface area (Å²) in [6.07, 6.45) is 6.49. The van der Waals surface area contributed by atoms with Crippen molar-refractivity contribution in [3.05, 3.63) is 41.7 Å². The summed E-state index contributed by atoms with van der Waals surface area (Å²) in [5.41, 5.74) is 0. The highest BCUT2D eigenvalue weighted by atomic mass is 35.5. The van der Waals surface area contributed by atoms with E-state index in [1.807, 2.05) is 24.3 Å². The van der Waals surface area contributed by atoms with Crippen molar-refractivity contribution in [1.29, 1.82) is 0 Å². The summed E-state index contributed by atoms with van der Waals surface area (Å²) in [4.78, 5) is 27.2. The summed E-state index contributed by atoms with van der Waals surface area (Å²) in [6.45, 7) is 1.67. The first-order chi connectivity index (χ1) is 13.7. The van der Waals surface area contributed by atoms with Gasteiger partial charge in [0.2, 0.25) is 11.9 Å². The van der Waals surface area contributed by atoms with Crippen molar-refractivity contribution in [2.45, 2.75) is 18.9 Å². The zero-order chi connectivity index (χ0) is 19.3.